The molecule has 146 valence electrons. The van der Waals surface area contributed by atoms with Gasteiger partial charge in [-0.15, -0.1) is 0 Å². The summed E-state index contributed by atoms with van der Waals surface area (Å²) in [4.78, 5) is 26.0. The van der Waals surface area contributed by atoms with E-state index in [1.807, 2.05) is 73.4 Å². The second-order valence-electron chi connectivity index (χ2n) is 6.91. The Labute approximate surface area is 169 Å². The van der Waals surface area contributed by atoms with E-state index in [4.69, 9.17) is 11.6 Å². The number of amides is 2. The number of benzene rings is 2. The van der Waals surface area contributed by atoms with Crippen molar-refractivity contribution in [1.82, 2.24) is 14.8 Å². The molecular weight excluding hydrogens is 376 g/mol. The van der Waals surface area contributed by atoms with Crippen LogP contribution in [0.5, 0.6) is 0 Å². The summed E-state index contributed by atoms with van der Waals surface area (Å²) >= 11 is 6.06. The molecule has 0 spiro atoms. The van der Waals surface area contributed by atoms with Gasteiger partial charge in [0.25, 0.3) is 0 Å². The Balaban J connectivity index is 1.57. The number of nitrogens with zero attached hydrogens (tertiary/aromatic N) is 2. The minimum Gasteiger partial charge on any atom is -0.350 e. The highest BCUT2D eigenvalue weighted by molar-refractivity contribution is 6.31. The van der Waals surface area contributed by atoms with Crippen molar-refractivity contribution >= 4 is 40.0 Å². The standard InChI is InChI=1S/C21H23ClN4O2/c1-25(2)13-21(28)24-18-5-3-4-15(10-18)12-23-20(27)14-26-9-8-16-6-7-17(22)11-19(16)26/h3-11H,12-14H2,1-2H3,(H,23,27)(H,24,28). The van der Waals surface area contributed by atoms with E-state index in [0.29, 0.717) is 23.8 Å². The SMILES string of the molecule is CN(C)CC(=O)Nc1cccc(CNC(=O)Cn2ccc3ccc(Cl)cc32)c1. The van der Waals surface area contributed by atoms with Gasteiger partial charge >= 0.3 is 0 Å². The summed E-state index contributed by atoms with van der Waals surface area (Å²) in [5, 5.41) is 7.45. The van der Waals surface area contributed by atoms with Crippen molar-refractivity contribution in [3.63, 3.8) is 0 Å². The maximum Gasteiger partial charge on any atom is 0.240 e. The summed E-state index contributed by atoms with van der Waals surface area (Å²) in [7, 11) is 3.68. The molecule has 3 aromatic rings. The van der Waals surface area contributed by atoms with Crippen molar-refractivity contribution in [2.45, 2.75) is 13.1 Å². The molecule has 0 fully saturated rings. The molecule has 1 aromatic heterocycles. The fourth-order valence-electron chi connectivity index (χ4n) is 2.95. The number of carbonyl (C=O) groups excluding carboxylic acids is 2. The van der Waals surface area contributed by atoms with Crippen molar-refractivity contribution in [3.05, 3.63) is 65.3 Å². The maximum absolute atomic E-state index is 12.4. The predicted octanol–water partition coefficient (Wildman–Crippen LogP) is 3.11. The van der Waals surface area contributed by atoms with Gasteiger partial charge in [0.05, 0.1) is 6.54 Å². The minimum absolute atomic E-state index is 0.0793. The van der Waals surface area contributed by atoms with Crippen LogP contribution in [0.25, 0.3) is 10.9 Å². The van der Waals surface area contributed by atoms with E-state index in [1.54, 1.807) is 4.90 Å². The van der Waals surface area contributed by atoms with E-state index in [0.717, 1.165) is 16.5 Å². The summed E-state index contributed by atoms with van der Waals surface area (Å²) in [5.74, 6) is -0.177. The van der Waals surface area contributed by atoms with Gasteiger partial charge in [-0.3, -0.25) is 9.59 Å². The summed E-state index contributed by atoms with van der Waals surface area (Å²) in [5.41, 5.74) is 2.55. The number of nitrogens with one attached hydrogen (secondary N) is 2. The molecule has 28 heavy (non-hydrogen) atoms. The average Bonchev–Trinajstić information content (AvgIpc) is 3.01. The molecule has 0 radical (unpaired) electrons. The summed E-state index contributed by atoms with van der Waals surface area (Å²) in [6, 6.07) is 15.0. The van der Waals surface area contributed by atoms with Crippen molar-refractivity contribution in [2.75, 3.05) is 26.0 Å². The predicted molar refractivity (Wildman–Crippen MR) is 112 cm³/mol. The number of hydrogen-bond acceptors (Lipinski definition) is 3. The van der Waals surface area contributed by atoms with E-state index >= 15 is 0 Å². The van der Waals surface area contributed by atoms with Gasteiger partial charge in [0, 0.05) is 29.0 Å². The van der Waals surface area contributed by atoms with Crippen molar-refractivity contribution in [1.29, 1.82) is 0 Å². The van der Waals surface area contributed by atoms with Crippen LogP contribution >= 0.6 is 11.6 Å². The van der Waals surface area contributed by atoms with E-state index in [-0.39, 0.29) is 18.4 Å². The number of fused-ring (bicyclic) bond motifs is 1. The summed E-state index contributed by atoms with van der Waals surface area (Å²) < 4.78 is 1.87. The Hall–Kier alpha value is -2.83. The molecule has 0 saturated heterocycles. The van der Waals surface area contributed by atoms with Gasteiger partial charge in [0.1, 0.15) is 6.54 Å². The lowest BCUT2D eigenvalue weighted by Crippen LogP contribution is -2.27. The summed E-state index contributed by atoms with van der Waals surface area (Å²) in [6.45, 7) is 0.912. The van der Waals surface area contributed by atoms with Crippen LogP contribution in [0.3, 0.4) is 0 Å². The molecule has 1 heterocycles. The van der Waals surface area contributed by atoms with Crippen LogP contribution in [-0.2, 0) is 22.7 Å². The summed E-state index contributed by atoms with van der Waals surface area (Å²) in [6.07, 6.45) is 1.88. The molecule has 0 unspecified atom stereocenters. The van der Waals surface area contributed by atoms with Crippen LogP contribution in [-0.4, -0.2) is 41.9 Å². The molecule has 0 saturated carbocycles. The molecule has 2 aromatic carbocycles. The number of halogens is 1. The third-order valence-electron chi connectivity index (χ3n) is 4.21. The molecule has 0 atom stereocenters. The lowest BCUT2D eigenvalue weighted by molar-refractivity contribution is -0.121. The van der Waals surface area contributed by atoms with Crippen LogP contribution in [0.2, 0.25) is 5.02 Å². The van der Waals surface area contributed by atoms with E-state index in [1.165, 1.54) is 0 Å². The Morgan fingerprint density at radius 2 is 1.89 bits per heavy atom. The Bertz CT molecular complexity index is 997. The molecule has 3 rings (SSSR count). The first kappa shape index (κ1) is 19.9. The molecule has 2 amide bonds. The molecule has 0 aliphatic carbocycles. The van der Waals surface area contributed by atoms with Gasteiger partial charge in [-0.25, -0.2) is 0 Å². The van der Waals surface area contributed by atoms with Gasteiger partial charge in [-0.1, -0.05) is 29.8 Å². The topological polar surface area (TPSA) is 66.4 Å². The lowest BCUT2D eigenvalue weighted by atomic mass is 10.2. The Morgan fingerprint density at radius 1 is 1.07 bits per heavy atom. The molecular formula is C21H23ClN4O2. The molecule has 6 nitrogen and oxygen atoms in total. The van der Waals surface area contributed by atoms with Crippen LogP contribution < -0.4 is 10.6 Å². The van der Waals surface area contributed by atoms with Crippen molar-refractivity contribution in [3.8, 4) is 0 Å². The molecule has 7 heteroatoms. The second-order valence-corrected chi connectivity index (χ2v) is 7.35. The number of hydrogen-bond donors (Lipinski definition) is 2. The van der Waals surface area contributed by atoms with E-state index in [9.17, 15) is 9.59 Å². The van der Waals surface area contributed by atoms with Gasteiger partial charge in [0.2, 0.25) is 11.8 Å². The first-order chi connectivity index (χ1) is 13.4. The number of anilines is 1. The van der Waals surface area contributed by atoms with E-state index < -0.39 is 0 Å². The molecule has 0 aliphatic heterocycles. The zero-order valence-electron chi connectivity index (χ0n) is 15.9. The van der Waals surface area contributed by atoms with Crippen LogP contribution in [0.4, 0.5) is 5.69 Å². The van der Waals surface area contributed by atoms with Crippen LogP contribution in [0.1, 0.15) is 5.56 Å². The second kappa shape index (κ2) is 8.91. The van der Waals surface area contributed by atoms with Gasteiger partial charge in [-0.05, 0) is 55.4 Å². The highest BCUT2D eigenvalue weighted by Crippen LogP contribution is 2.20. The highest BCUT2D eigenvalue weighted by atomic mass is 35.5. The fourth-order valence-corrected chi connectivity index (χ4v) is 3.12. The molecule has 0 bridgehead atoms. The fraction of sp³-hybridized carbons (Fsp3) is 0.238. The first-order valence-electron chi connectivity index (χ1n) is 8.95. The zero-order valence-corrected chi connectivity index (χ0v) is 16.7. The Morgan fingerprint density at radius 3 is 2.68 bits per heavy atom. The van der Waals surface area contributed by atoms with Crippen molar-refractivity contribution < 1.29 is 9.59 Å². The quantitative estimate of drug-likeness (QED) is 0.642. The smallest absolute Gasteiger partial charge is 0.240 e. The van der Waals surface area contributed by atoms with Gasteiger partial charge < -0.3 is 20.1 Å². The maximum atomic E-state index is 12.4. The molecule has 0 aliphatic rings. The van der Waals surface area contributed by atoms with E-state index in [2.05, 4.69) is 10.6 Å². The van der Waals surface area contributed by atoms with Crippen molar-refractivity contribution in [2.24, 2.45) is 0 Å². The number of likely N-dealkylation sites (N-methyl/N-ethyl adjacent to an activating group) is 1. The van der Waals surface area contributed by atoms with Gasteiger partial charge in [-0.2, -0.15) is 0 Å². The molecule has 2 N–H and O–H groups in total. The Kier molecular flexibility index (Phi) is 6.34. The third-order valence-corrected chi connectivity index (χ3v) is 4.45. The minimum atomic E-state index is -0.0977. The van der Waals surface area contributed by atoms with Crippen LogP contribution in [0, 0.1) is 0 Å². The number of carbonyl (C=O) groups is 2. The first-order valence-corrected chi connectivity index (χ1v) is 9.33. The largest absolute Gasteiger partial charge is 0.350 e. The number of aromatic nitrogens is 1. The van der Waals surface area contributed by atoms with Gasteiger partial charge in [0.15, 0.2) is 0 Å². The third kappa shape index (κ3) is 5.34. The number of rotatable bonds is 7. The highest BCUT2D eigenvalue weighted by Gasteiger charge is 2.08. The monoisotopic (exact) mass is 398 g/mol. The van der Waals surface area contributed by atoms with Crippen LogP contribution in [0.15, 0.2) is 54.7 Å². The normalized spacial score (nSPS) is 11.0. The average molecular weight is 399 g/mol. The zero-order chi connectivity index (χ0) is 20.1. The lowest BCUT2D eigenvalue weighted by Gasteiger charge is -2.12.